The van der Waals surface area contributed by atoms with E-state index < -0.39 is 16.0 Å². The second-order valence-corrected chi connectivity index (χ2v) is 5.15. The number of aromatic nitrogens is 2. The quantitative estimate of drug-likeness (QED) is 0.750. The summed E-state index contributed by atoms with van der Waals surface area (Å²) in [5.41, 5.74) is -0.328. The molecule has 1 aromatic rings. The van der Waals surface area contributed by atoms with Gasteiger partial charge in [0, 0.05) is 21.1 Å². The lowest BCUT2D eigenvalue weighted by Crippen LogP contribution is -2.26. The molecule has 1 N–H and O–H groups in total. The van der Waals surface area contributed by atoms with Gasteiger partial charge in [0.05, 0.1) is 6.20 Å². The average Bonchev–Trinajstić information content (AvgIpc) is 2.47. The highest BCUT2D eigenvalue weighted by Gasteiger charge is 2.28. The predicted octanol–water partition coefficient (Wildman–Crippen LogP) is -0.631. The number of sulfonamides is 1. The van der Waals surface area contributed by atoms with E-state index in [-0.39, 0.29) is 10.6 Å². The summed E-state index contributed by atoms with van der Waals surface area (Å²) < 4.78 is 25.4. The van der Waals surface area contributed by atoms with Gasteiger partial charge >= 0.3 is 5.97 Å². The molecule has 0 fully saturated rings. The highest BCUT2D eigenvalue weighted by molar-refractivity contribution is 7.89. The molecule has 84 valence electrons. The van der Waals surface area contributed by atoms with E-state index in [0.29, 0.717) is 0 Å². The molecule has 0 aliphatic heterocycles. The maximum absolute atomic E-state index is 11.7. The van der Waals surface area contributed by atoms with Gasteiger partial charge in [0.1, 0.15) is 5.56 Å². The van der Waals surface area contributed by atoms with Gasteiger partial charge < -0.3 is 5.11 Å². The van der Waals surface area contributed by atoms with Gasteiger partial charge in [-0.15, -0.1) is 0 Å². The summed E-state index contributed by atoms with van der Waals surface area (Å²) in [7, 11) is 0.246. The summed E-state index contributed by atoms with van der Waals surface area (Å²) in [5, 5.41) is 12.1. The van der Waals surface area contributed by atoms with Gasteiger partial charge in [0.25, 0.3) is 10.0 Å². The van der Waals surface area contributed by atoms with Crippen molar-refractivity contribution in [3.63, 3.8) is 0 Å². The van der Waals surface area contributed by atoms with Crippen LogP contribution in [-0.4, -0.2) is 47.7 Å². The van der Waals surface area contributed by atoms with Crippen LogP contribution >= 0.6 is 0 Å². The number of hydrogen-bond donors (Lipinski definition) is 1. The number of carboxylic acids is 1. The van der Waals surface area contributed by atoms with Gasteiger partial charge in [-0.1, -0.05) is 0 Å². The minimum absolute atomic E-state index is 0.319. The van der Waals surface area contributed by atoms with Gasteiger partial charge in [-0.05, 0) is 0 Å². The molecule has 8 heteroatoms. The molecule has 0 spiro atoms. The number of aryl methyl sites for hydroxylation is 1. The van der Waals surface area contributed by atoms with Crippen LogP contribution in [0.25, 0.3) is 0 Å². The second kappa shape index (κ2) is 3.63. The summed E-state index contributed by atoms with van der Waals surface area (Å²) in [4.78, 5) is 10.8. The first-order valence-corrected chi connectivity index (χ1v) is 5.40. The normalized spacial score (nSPS) is 12.0. The number of rotatable bonds is 3. The second-order valence-electron chi connectivity index (χ2n) is 3.08. The molecule has 0 aromatic carbocycles. The topological polar surface area (TPSA) is 92.5 Å². The molecule has 0 saturated carbocycles. The SMILES string of the molecule is CN(C)S(=O)(=O)c1c(C(=O)O)cnn1C. The van der Waals surface area contributed by atoms with Crippen molar-refractivity contribution in [2.75, 3.05) is 14.1 Å². The van der Waals surface area contributed by atoms with E-state index in [1.165, 1.54) is 21.1 Å². The first-order valence-electron chi connectivity index (χ1n) is 3.96. The Morgan fingerprint density at radius 3 is 2.47 bits per heavy atom. The van der Waals surface area contributed by atoms with E-state index in [1.807, 2.05) is 0 Å². The van der Waals surface area contributed by atoms with Crippen LogP contribution in [0.2, 0.25) is 0 Å². The third-order valence-electron chi connectivity index (χ3n) is 1.84. The Hall–Kier alpha value is -1.41. The molecule has 0 saturated heterocycles. The molecule has 0 bridgehead atoms. The molecule has 1 rings (SSSR count). The van der Waals surface area contributed by atoms with Gasteiger partial charge in [-0.25, -0.2) is 17.5 Å². The first kappa shape index (κ1) is 11.7. The molecule has 0 amide bonds. The molecule has 0 atom stereocenters. The van der Waals surface area contributed by atoms with Crippen LogP contribution in [0.1, 0.15) is 10.4 Å². The molecule has 0 radical (unpaired) electrons. The minimum atomic E-state index is -3.79. The number of aromatic carboxylic acids is 1. The smallest absolute Gasteiger partial charge is 0.340 e. The minimum Gasteiger partial charge on any atom is -0.478 e. The lowest BCUT2D eigenvalue weighted by Gasteiger charge is -2.11. The fraction of sp³-hybridized carbons (Fsp3) is 0.429. The monoisotopic (exact) mass is 233 g/mol. The van der Waals surface area contributed by atoms with E-state index in [2.05, 4.69) is 5.10 Å². The van der Waals surface area contributed by atoms with E-state index in [4.69, 9.17) is 5.11 Å². The summed E-state index contributed by atoms with van der Waals surface area (Å²) in [6.45, 7) is 0. The summed E-state index contributed by atoms with van der Waals surface area (Å²) in [5.74, 6) is -1.32. The standard InChI is InChI=1S/C7H11N3O4S/c1-9(2)15(13,14)6-5(7(11)12)4-8-10(6)3/h4H,1-3H3,(H,11,12). The molecule has 1 heterocycles. The fourth-order valence-electron chi connectivity index (χ4n) is 1.05. The van der Waals surface area contributed by atoms with E-state index >= 15 is 0 Å². The highest BCUT2D eigenvalue weighted by atomic mass is 32.2. The zero-order chi connectivity index (χ0) is 11.8. The molecule has 0 aliphatic carbocycles. The van der Waals surface area contributed by atoms with Crippen molar-refractivity contribution in [2.24, 2.45) is 7.05 Å². The Labute approximate surface area is 87.0 Å². The third kappa shape index (κ3) is 1.85. The molecule has 1 aromatic heterocycles. The molecular formula is C7H11N3O4S. The van der Waals surface area contributed by atoms with Crippen molar-refractivity contribution in [2.45, 2.75) is 5.03 Å². The van der Waals surface area contributed by atoms with Crippen LogP contribution in [0.3, 0.4) is 0 Å². The van der Waals surface area contributed by atoms with Gasteiger partial charge in [0.2, 0.25) is 0 Å². The van der Waals surface area contributed by atoms with Crippen LogP contribution in [0.5, 0.6) is 0 Å². The number of nitrogens with zero attached hydrogens (tertiary/aromatic N) is 3. The van der Waals surface area contributed by atoms with Crippen LogP contribution in [-0.2, 0) is 17.1 Å². The average molecular weight is 233 g/mol. The number of hydrogen-bond acceptors (Lipinski definition) is 4. The Kier molecular flexibility index (Phi) is 2.82. The lowest BCUT2D eigenvalue weighted by molar-refractivity contribution is 0.0692. The largest absolute Gasteiger partial charge is 0.478 e. The molecule has 15 heavy (non-hydrogen) atoms. The van der Waals surface area contributed by atoms with E-state index in [9.17, 15) is 13.2 Å². The van der Waals surface area contributed by atoms with Crippen molar-refractivity contribution in [3.05, 3.63) is 11.8 Å². The zero-order valence-electron chi connectivity index (χ0n) is 8.50. The van der Waals surface area contributed by atoms with Crippen molar-refractivity contribution >= 4 is 16.0 Å². The van der Waals surface area contributed by atoms with Crippen LogP contribution in [0, 0.1) is 0 Å². The highest BCUT2D eigenvalue weighted by Crippen LogP contribution is 2.17. The third-order valence-corrected chi connectivity index (χ3v) is 3.77. The summed E-state index contributed by atoms with van der Waals surface area (Å²) in [6.07, 6.45) is 1.01. The molecule has 7 nitrogen and oxygen atoms in total. The Balaban J connectivity index is 3.50. The van der Waals surface area contributed by atoms with Crippen molar-refractivity contribution in [1.82, 2.24) is 14.1 Å². The summed E-state index contributed by atoms with van der Waals surface area (Å²) in [6, 6.07) is 0. The van der Waals surface area contributed by atoms with Crippen molar-refractivity contribution in [3.8, 4) is 0 Å². The number of carbonyl (C=O) groups is 1. The van der Waals surface area contributed by atoms with Crippen LogP contribution < -0.4 is 0 Å². The maximum atomic E-state index is 11.7. The molecule has 0 unspecified atom stereocenters. The number of carboxylic acid groups (broad SMARTS) is 1. The predicted molar refractivity (Wildman–Crippen MR) is 51.0 cm³/mol. The van der Waals surface area contributed by atoms with Gasteiger partial charge in [0.15, 0.2) is 5.03 Å². The Morgan fingerprint density at radius 2 is 2.07 bits per heavy atom. The zero-order valence-corrected chi connectivity index (χ0v) is 9.32. The molecular weight excluding hydrogens is 222 g/mol. The molecule has 0 aliphatic rings. The first-order chi connectivity index (χ1) is 6.78. The van der Waals surface area contributed by atoms with E-state index in [0.717, 1.165) is 15.2 Å². The van der Waals surface area contributed by atoms with Gasteiger partial charge in [-0.2, -0.15) is 5.10 Å². The van der Waals surface area contributed by atoms with Crippen molar-refractivity contribution in [1.29, 1.82) is 0 Å². The van der Waals surface area contributed by atoms with Crippen LogP contribution in [0.15, 0.2) is 11.2 Å². The Bertz CT molecular complexity index is 488. The maximum Gasteiger partial charge on any atom is 0.340 e. The fourth-order valence-corrected chi connectivity index (χ4v) is 2.20. The van der Waals surface area contributed by atoms with Gasteiger partial charge in [-0.3, -0.25) is 4.68 Å². The summed E-state index contributed by atoms with van der Waals surface area (Å²) >= 11 is 0. The van der Waals surface area contributed by atoms with Crippen molar-refractivity contribution < 1.29 is 18.3 Å². The Morgan fingerprint density at radius 1 is 1.53 bits per heavy atom. The lowest BCUT2D eigenvalue weighted by atomic mass is 10.4. The van der Waals surface area contributed by atoms with E-state index in [1.54, 1.807) is 0 Å². The van der Waals surface area contributed by atoms with Crippen LogP contribution in [0.4, 0.5) is 0 Å².